The van der Waals surface area contributed by atoms with Crippen LogP contribution in [0, 0.1) is 0 Å². The minimum atomic E-state index is 0.553. The summed E-state index contributed by atoms with van der Waals surface area (Å²) in [7, 11) is 0. The van der Waals surface area contributed by atoms with Gasteiger partial charge in [0.05, 0.1) is 0 Å². The largest absolute Gasteiger partial charge is 0.360 e. The number of hydrogen-bond donors (Lipinski definition) is 2. The maximum atomic E-state index is 5.42. The Labute approximate surface area is 122 Å². The molecule has 1 aromatic rings. The molecule has 2 rings (SSSR count). The minimum absolute atomic E-state index is 0.553. The summed E-state index contributed by atoms with van der Waals surface area (Å²) >= 11 is 5.42. The lowest BCUT2D eigenvalue weighted by atomic mass is 9.93. The average molecular weight is 276 g/mol. The van der Waals surface area contributed by atoms with Crippen molar-refractivity contribution in [2.75, 3.05) is 5.32 Å². The first-order chi connectivity index (χ1) is 9.15. The molecular formula is C16H24N2S. The summed E-state index contributed by atoms with van der Waals surface area (Å²) in [5.41, 5.74) is 3.94. The smallest absolute Gasteiger partial charge is 0.171 e. The van der Waals surface area contributed by atoms with Gasteiger partial charge in [-0.15, -0.1) is 0 Å². The van der Waals surface area contributed by atoms with Crippen LogP contribution in [0.5, 0.6) is 0 Å². The molecule has 1 unspecified atom stereocenters. The van der Waals surface area contributed by atoms with E-state index in [0.29, 0.717) is 12.0 Å². The second-order valence-corrected chi connectivity index (χ2v) is 5.83. The van der Waals surface area contributed by atoms with Crippen LogP contribution >= 0.6 is 12.2 Å². The molecule has 0 aromatic heterocycles. The fourth-order valence-corrected chi connectivity index (χ4v) is 2.53. The third-order valence-corrected chi connectivity index (χ3v) is 4.08. The monoisotopic (exact) mass is 276 g/mol. The first-order valence-corrected chi connectivity index (χ1v) is 7.75. The van der Waals surface area contributed by atoms with E-state index in [2.05, 4.69) is 49.6 Å². The molecule has 0 heterocycles. The van der Waals surface area contributed by atoms with Gasteiger partial charge in [0.15, 0.2) is 5.11 Å². The molecule has 1 atom stereocenters. The maximum absolute atomic E-state index is 5.42. The van der Waals surface area contributed by atoms with E-state index in [-0.39, 0.29) is 0 Å². The number of hydrogen-bond acceptors (Lipinski definition) is 1. The lowest BCUT2D eigenvalue weighted by Crippen LogP contribution is -2.31. The van der Waals surface area contributed by atoms with E-state index in [0.717, 1.165) is 18.0 Å². The summed E-state index contributed by atoms with van der Waals surface area (Å²) in [6, 6.07) is 7.16. The van der Waals surface area contributed by atoms with Gasteiger partial charge in [0.1, 0.15) is 0 Å². The van der Waals surface area contributed by atoms with E-state index in [1.54, 1.807) is 0 Å². The number of aryl methyl sites for hydroxylation is 1. The summed E-state index contributed by atoms with van der Waals surface area (Å²) < 4.78 is 0. The van der Waals surface area contributed by atoms with Crippen LogP contribution in [0.25, 0.3) is 0 Å². The Morgan fingerprint density at radius 3 is 2.68 bits per heavy atom. The van der Waals surface area contributed by atoms with Crippen molar-refractivity contribution in [2.45, 2.75) is 58.4 Å². The number of rotatable bonds is 5. The van der Waals surface area contributed by atoms with Crippen molar-refractivity contribution >= 4 is 23.0 Å². The van der Waals surface area contributed by atoms with Crippen molar-refractivity contribution in [3.8, 4) is 0 Å². The number of thiocarbonyl (C=S) groups is 1. The first kappa shape index (κ1) is 14.3. The molecule has 0 spiro atoms. The highest BCUT2D eigenvalue weighted by Crippen LogP contribution is 2.30. The molecule has 0 aliphatic heterocycles. The van der Waals surface area contributed by atoms with E-state index in [1.165, 1.54) is 29.7 Å². The van der Waals surface area contributed by atoms with Crippen LogP contribution in [0.4, 0.5) is 5.69 Å². The summed E-state index contributed by atoms with van der Waals surface area (Å²) in [5.74, 6) is 0.553. The summed E-state index contributed by atoms with van der Waals surface area (Å²) in [5, 5.41) is 7.57. The van der Waals surface area contributed by atoms with Crippen LogP contribution in [0.2, 0.25) is 0 Å². The molecule has 2 nitrogen and oxygen atoms in total. The van der Waals surface area contributed by atoms with E-state index < -0.39 is 0 Å². The highest BCUT2D eigenvalue weighted by molar-refractivity contribution is 7.80. The fourth-order valence-electron chi connectivity index (χ4n) is 2.26. The number of anilines is 1. The lowest BCUT2D eigenvalue weighted by molar-refractivity contribution is 0.734. The molecule has 3 heteroatoms. The van der Waals surface area contributed by atoms with Gasteiger partial charge < -0.3 is 10.6 Å². The number of nitrogens with one attached hydrogen (secondary N) is 2. The Hall–Kier alpha value is -1.09. The molecule has 0 amide bonds. The number of para-hydroxylation sites is 1. The molecule has 1 aromatic carbocycles. The van der Waals surface area contributed by atoms with Gasteiger partial charge in [-0.3, -0.25) is 0 Å². The molecule has 1 saturated carbocycles. The SMILES string of the molecule is CCc1cccc(C(C)CC)c1NC(=S)NC1CC1. The van der Waals surface area contributed by atoms with E-state index in [9.17, 15) is 0 Å². The van der Waals surface area contributed by atoms with E-state index in [1.807, 2.05) is 0 Å². The Balaban J connectivity index is 2.21. The van der Waals surface area contributed by atoms with Crippen molar-refractivity contribution in [1.29, 1.82) is 0 Å². The molecule has 1 aliphatic carbocycles. The molecule has 104 valence electrons. The molecule has 2 N–H and O–H groups in total. The summed E-state index contributed by atoms with van der Waals surface area (Å²) in [6.45, 7) is 6.70. The molecule has 19 heavy (non-hydrogen) atoms. The fraction of sp³-hybridized carbons (Fsp3) is 0.562. The zero-order valence-corrected chi connectivity index (χ0v) is 12.9. The predicted molar refractivity (Wildman–Crippen MR) is 86.9 cm³/mol. The molecule has 0 bridgehead atoms. The number of benzene rings is 1. The van der Waals surface area contributed by atoms with Crippen LogP contribution < -0.4 is 10.6 Å². The Morgan fingerprint density at radius 2 is 2.11 bits per heavy atom. The van der Waals surface area contributed by atoms with Gasteiger partial charge in [-0.25, -0.2) is 0 Å². The van der Waals surface area contributed by atoms with Crippen LogP contribution in [0.3, 0.4) is 0 Å². The van der Waals surface area contributed by atoms with Gasteiger partial charge in [0, 0.05) is 11.7 Å². The van der Waals surface area contributed by atoms with Gasteiger partial charge >= 0.3 is 0 Å². The average Bonchev–Trinajstić information content (AvgIpc) is 3.21. The Morgan fingerprint density at radius 1 is 1.37 bits per heavy atom. The lowest BCUT2D eigenvalue weighted by Gasteiger charge is -2.20. The van der Waals surface area contributed by atoms with Gasteiger partial charge in [0.2, 0.25) is 0 Å². The van der Waals surface area contributed by atoms with Gasteiger partial charge in [-0.2, -0.15) is 0 Å². The highest BCUT2D eigenvalue weighted by Gasteiger charge is 2.22. The molecular weight excluding hydrogens is 252 g/mol. The van der Waals surface area contributed by atoms with Crippen molar-refractivity contribution < 1.29 is 0 Å². The molecule has 1 aliphatic rings. The van der Waals surface area contributed by atoms with Crippen molar-refractivity contribution in [3.05, 3.63) is 29.3 Å². The van der Waals surface area contributed by atoms with Crippen LogP contribution in [0.1, 0.15) is 57.1 Å². The molecule has 1 fully saturated rings. The van der Waals surface area contributed by atoms with E-state index in [4.69, 9.17) is 12.2 Å². The minimum Gasteiger partial charge on any atom is -0.360 e. The van der Waals surface area contributed by atoms with Gasteiger partial charge in [0.25, 0.3) is 0 Å². The third kappa shape index (κ3) is 3.69. The zero-order valence-electron chi connectivity index (χ0n) is 12.1. The topological polar surface area (TPSA) is 24.1 Å². The third-order valence-electron chi connectivity index (χ3n) is 3.86. The second kappa shape index (κ2) is 6.38. The van der Waals surface area contributed by atoms with E-state index >= 15 is 0 Å². The predicted octanol–water partition coefficient (Wildman–Crippen LogP) is 4.21. The first-order valence-electron chi connectivity index (χ1n) is 7.35. The van der Waals surface area contributed by atoms with Crippen molar-refractivity contribution in [1.82, 2.24) is 5.32 Å². The highest BCUT2D eigenvalue weighted by atomic mass is 32.1. The standard InChI is InChI=1S/C16H24N2S/c1-4-11(3)14-8-6-7-12(5-2)15(14)18-16(19)17-13-9-10-13/h6-8,11,13H,4-5,9-10H2,1-3H3,(H2,17,18,19). The van der Waals surface area contributed by atoms with Crippen LogP contribution in [-0.2, 0) is 6.42 Å². The summed E-state index contributed by atoms with van der Waals surface area (Å²) in [6.07, 6.45) is 4.66. The van der Waals surface area contributed by atoms with Gasteiger partial charge in [-0.05, 0) is 54.9 Å². The zero-order chi connectivity index (χ0) is 13.8. The Kier molecular flexibility index (Phi) is 4.81. The molecule has 0 saturated heterocycles. The van der Waals surface area contributed by atoms with Crippen molar-refractivity contribution in [3.63, 3.8) is 0 Å². The quantitative estimate of drug-likeness (QED) is 0.788. The molecule has 0 radical (unpaired) electrons. The summed E-state index contributed by atoms with van der Waals surface area (Å²) in [4.78, 5) is 0. The maximum Gasteiger partial charge on any atom is 0.171 e. The normalized spacial score (nSPS) is 15.9. The second-order valence-electron chi connectivity index (χ2n) is 5.42. The van der Waals surface area contributed by atoms with Crippen molar-refractivity contribution in [2.24, 2.45) is 0 Å². The van der Waals surface area contributed by atoms with Gasteiger partial charge in [-0.1, -0.05) is 39.0 Å². The van der Waals surface area contributed by atoms with Crippen LogP contribution in [0.15, 0.2) is 18.2 Å². The Bertz CT molecular complexity index is 452. The van der Waals surface area contributed by atoms with Crippen LogP contribution in [-0.4, -0.2) is 11.2 Å².